The van der Waals surface area contributed by atoms with Crippen molar-refractivity contribution in [2.75, 3.05) is 5.43 Å². The summed E-state index contributed by atoms with van der Waals surface area (Å²) >= 11 is 1.41. The molecule has 3 nitrogen and oxygen atoms in total. The minimum absolute atomic E-state index is 0.203. The van der Waals surface area contributed by atoms with Crippen LogP contribution in [0.15, 0.2) is 47.4 Å². The molecule has 0 spiro atoms. The van der Waals surface area contributed by atoms with Crippen molar-refractivity contribution in [3.8, 4) is 0 Å². The number of nitrogens with one attached hydrogen (secondary N) is 1. The first-order chi connectivity index (χ1) is 8.29. The van der Waals surface area contributed by atoms with Crippen LogP contribution in [0.1, 0.15) is 5.69 Å². The summed E-state index contributed by atoms with van der Waals surface area (Å²) in [6.07, 6.45) is 0. The molecule has 17 heavy (non-hydrogen) atoms. The normalized spacial score (nSPS) is 10.2. The van der Waals surface area contributed by atoms with Crippen LogP contribution >= 0.6 is 11.8 Å². The van der Waals surface area contributed by atoms with Crippen LogP contribution in [0.25, 0.3) is 0 Å². The Morgan fingerprint density at radius 3 is 2.76 bits per heavy atom. The third-order valence-corrected chi connectivity index (χ3v) is 3.25. The molecule has 0 radical (unpaired) electrons. The van der Waals surface area contributed by atoms with Crippen LogP contribution in [0.3, 0.4) is 0 Å². The Bertz CT molecular complexity index is 505. The molecular weight excluding hydrogens is 237 g/mol. The van der Waals surface area contributed by atoms with Gasteiger partial charge in [0.15, 0.2) is 0 Å². The molecule has 1 heterocycles. The lowest BCUT2D eigenvalue weighted by Gasteiger charge is -2.04. The molecule has 1 aromatic carbocycles. The van der Waals surface area contributed by atoms with Gasteiger partial charge in [0.05, 0.1) is 5.69 Å². The van der Waals surface area contributed by atoms with Gasteiger partial charge in [-0.1, -0.05) is 18.2 Å². The monoisotopic (exact) mass is 249 g/mol. The van der Waals surface area contributed by atoms with Crippen LogP contribution in [0.4, 0.5) is 10.2 Å². The summed E-state index contributed by atoms with van der Waals surface area (Å²) in [5.74, 6) is 6.28. The van der Waals surface area contributed by atoms with Crippen LogP contribution in [-0.4, -0.2) is 4.98 Å². The molecule has 88 valence electrons. The van der Waals surface area contributed by atoms with Crippen molar-refractivity contribution in [3.05, 3.63) is 54.0 Å². The highest BCUT2D eigenvalue weighted by molar-refractivity contribution is 7.98. The standard InChI is InChI=1S/C12H12FN3S/c13-10-5-1-2-6-11(10)17-8-9-4-3-7-12(15-9)16-14/h1-7H,8,14H2,(H,15,16). The summed E-state index contributed by atoms with van der Waals surface area (Å²) < 4.78 is 13.4. The van der Waals surface area contributed by atoms with Gasteiger partial charge in [0.2, 0.25) is 0 Å². The van der Waals surface area contributed by atoms with Crippen molar-refractivity contribution in [1.29, 1.82) is 0 Å². The van der Waals surface area contributed by atoms with Crippen LogP contribution in [0.5, 0.6) is 0 Å². The zero-order valence-corrected chi connectivity index (χ0v) is 9.88. The fourth-order valence-corrected chi connectivity index (χ4v) is 2.20. The molecule has 0 aliphatic carbocycles. The van der Waals surface area contributed by atoms with E-state index in [2.05, 4.69) is 10.4 Å². The predicted octanol–water partition coefficient (Wildman–Crippen LogP) is 2.80. The molecule has 0 atom stereocenters. The first-order valence-corrected chi connectivity index (χ1v) is 6.08. The molecule has 0 fully saturated rings. The summed E-state index contributed by atoms with van der Waals surface area (Å²) in [6, 6.07) is 12.2. The highest BCUT2D eigenvalue weighted by atomic mass is 32.2. The van der Waals surface area contributed by atoms with Crippen molar-refractivity contribution in [3.63, 3.8) is 0 Å². The number of pyridine rings is 1. The van der Waals surface area contributed by atoms with Crippen LogP contribution < -0.4 is 11.3 Å². The number of hydrogen-bond donors (Lipinski definition) is 2. The van der Waals surface area contributed by atoms with Gasteiger partial charge in [-0.15, -0.1) is 11.8 Å². The Hall–Kier alpha value is -1.59. The van der Waals surface area contributed by atoms with Crippen molar-refractivity contribution in [1.82, 2.24) is 4.98 Å². The van der Waals surface area contributed by atoms with Gasteiger partial charge in [0, 0.05) is 10.6 Å². The quantitative estimate of drug-likeness (QED) is 0.497. The maximum Gasteiger partial charge on any atom is 0.140 e. The fourth-order valence-electron chi connectivity index (χ4n) is 1.35. The van der Waals surface area contributed by atoms with Crippen molar-refractivity contribution in [2.45, 2.75) is 10.6 Å². The molecule has 0 amide bonds. The SMILES string of the molecule is NNc1cccc(CSc2ccccc2F)n1. The summed E-state index contributed by atoms with van der Waals surface area (Å²) in [7, 11) is 0. The van der Waals surface area contributed by atoms with E-state index in [1.54, 1.807) is 18.2 Å². The highest BCUT2D eigenvalue weighted by Gasteiger charge is 2.03. The van der Waals surface area contributed by atoms with Gasteiger partial charge in [-0.25, -0.2) is 15.2 Å². The number of hydrogen-bond acceptors (Lipinski definition) is 4. The number of anilines is 1. The number of nitrogen functional groups attached to an aromatic ring is 1. The number of nitrogens with zero attached hydrogens (tertiary/aromatic N) is 1. The molecule has 2 aromatic rings. The summed E-state index contributed by atoms with van der Waals surface area (Å²) in [6.45, 7) is 0. The molecule has 2 rings (SSSR count). The van der Waals surface area contributed by atoms with E-state index < -0.39 is 0 Å². The fraction of sp³-hybridized carbons (Fsp3) is 0.0833. The van der Waals surface area contributed by atoms with Gasteiger partial charge < -0.3 is 5.43 Å². The largest absolute Gasteiger partial charge is 0.308 e. The van der Waals surface area contributed by atoms with Crippen LogP contribution in [0, 0.1) is 5.82 Å². The first kappa shape index (κ1) is 11.9. The number of halogens is 1. The maximum atomic E-state index is 13.4. The minimum atomic E-state index is -0.203. The second-order valence-electron chi connectivity index (χ2n) is 3.38. The number of aromatic nitrogens is 1. The van der Waals surface area contributed by atoms with Gasteiger partial charge in [-0.05, 0) is 24.3 Å². The third kappa shape index (κ3) is 3.18. The van der Waals surface area contributed by atoms with Gasteiger partial charge in [-0.2, -0.15) is 0 Å². The Kier molecular flexibility index (Phi) is 3.95. The molecule has 3 N–H and O–H groups in total. The molecule has 0 aliphatic heterocycles. The molecule has 1 aromatic heterocycles. The van der Waals surface area contributed by atoms with E-state index in [9.17, 15) is 4.39 Å². The molecule has 0 aliphatic rings. The van der Waals surface area contributed by atoms with Gasteiger partial charge in [0.25, 0.3) is 0 Å². The molecular formula is C12H12FN3S. The Morgan fingerprint density at radius 1 is 1.18 bits per heavy atom. The highest BCUT2D eigenvalue weighted by Crippen LogP contribution is 2.24. The van der Waals surface area contributed by atoms with Gasteiger partial charge in [0.1, 0.15) is 11.6 Å². The minimum Gasteiger partial charge on any atom is -0.308 e. The molecule has 0 saturated heterocycles. The number of rotatable bonds is 4. The Labute approximate surface area is 103 Å². The van der Waals surface area contributed by atoms with E-state index in [0.717, 1.165) is 5.69 Å². The van der Waals surface area contributed by atoms with Crippen LogP contribution in [0.2, 0.25) is 0 Å². The summed E-state index contributed by atoms with van der Waals surface area (Å²) in [5, 5.41) is 0. The van der Waals surface area contributed by atoms with E-state index in [1.807, 2.05) is 18.2 Å². The maximum absolute atomic E-state index is 13.4. The molecule has 5 heteroatoms. The van der Waals surface area contributed by atoms with Crippen molar-refractivity contribution >= 4 is 17.6 Å². The lowest BCUT2D eigenvalue weighted by molar-refractivity contribution is 0.602. The smallest absolute Gasteiger partial charge is 0.140 e. The third-order valence-electron chi connectivity index (χ3n) is 2.17. The zero-order chi connectivity index (χ0) is 12.1. The van der Waals surface area contributed by atoms with Gasteiger partial charge >= 0.3 is 0 Å². The number of thioether (sulfide) groups is 1. The van der Waals surface area contributed by atoms with Gasteiger partial charge in [-0.3, -0.25) is 0 Å². The number of hydrazine groups is 1. The Balaban J connectivity index is 2.05. The summed E-state index contributed by atoms with van der Waals surface area (Å²) in [4.78, 5) is 4.88. The second-order valence-corrected chi connectivity index (χ2v) is 4.39. The van der Waals surface area contributed by atoms with Crippen molar-refractivity contribution in [2.24, 2.45) is 5.84 Å². The molecule has 0 bridgehead atoms. The number of nitrogens with two attached hydrogens (primary N) is 1. The first-order valence-electron chi connectivity index (χ1n) is 5.09. The molecule has 0 saturated carbocycles. The van der Waals surface area contributed by atoms with Crippen molar-refractivity contribution < 1.29 is 4.39 Å². The Morgan fingerprint density at radius 2 is 2.00 bits per heavy atom. The zero-order valence-electron chi connectivity index (χ0n) is 9.06. The topological polar surface area (TPSA) is 50.9 Å². The van der Waals surface area contributed by atoms with E-state index in [1.165, 1.54) is 17.8 Å². The number of benzene rings is 1. The second kappa shape index (κ2) is 5.65. The van der Waals surface area contributed by atoms with Crippen LogP contribution in [-0.2, 0) is 5.75 Å². The average Bonchev–Trinajstić information content (AvgIpc) is 2.38. The lowest BCUT2D eigenvalue weighted by Crippen LogP contribution is -2.08. The van der Waals surface area contributed by atoms with E-state index in [0.29, 0.717) is 16.5 Å². The average molecular weight is 249 g/mol. The van der Waals surface area contributed by atoms with E-state index in [-0.39, 0.29) is 5.82 Å². The lowest BCUT2D eigenvalue weighted by atomic mass is 10.3. The van der Waals surface area contributed by atoms with E-state index in [4.69, 9.17) is 5.84 Å². The summed E-state index contributed by atoms with van der Waals surface area (Å²) in [5.41, 5.74) is 3.34. The molecule has 0 unspecified atom stereocenters. The predicted molar refractivity (Wildman–Crippen MR) is 68.0 cm³/mol. The van der Waals surface area contributed by atoms with E-state index >= 15 is 0 Å².